The van der Waals surface area contributed by atoms with E-state index >= 15 is 0 Å². The van der Waals surface area contributed by atoms with Gasteiger partial charge >= 0.3 is 5.97 Å². The molecular formula is C16H15N4O4-. The van der Waals surface area contributed by atoms with Crippen LogP contribution in [0.25, 0.3) is 0 Å². The van der Waals surface area contributed by atoms with Gasteiger partial charge in [-0.3, -0.25) is 0 Å². The van der Waals surface area contributed by atoms with Gasteiger partial charge in [-0.1, -0.05) is 24.3 Å². The Bertz CT molecular complexity index is 823. The molecule has 124 valence electrons. The lowest BCUT2D eigenvalue weighted by atomic mass is 9.95. The zero-order valence-electron chi connectivity index (χ0n) is 13.1. The van der Waals surface area contributed by atoms with Gasteiger partial charge in [0.1, 0.15) is 12.4 Å². The van der Waals surface area contributed by atoms with Crippen LogP contribution >= 0.6 is 0 Å². The third-order valence-corrected chi connectivity index (χ3v) is 3.75. The smallest absolute Gasteiger partial charge is 0.338 e. The third-order valence-electron chi connectivity index (χ3n) is 3.75. The number of carboxylic acids is 1. The molecule has 2 aromatic rings. The number of nitrogens with zero attached hydrogens (tertiary/aromatic N) is 3. The van der Waals surface area contributed by atoms with Crippen molar-refractivity contribution in [3.05, 3.63) is 53.0 Å². The number of carboxylic acid groups (broad SMARTS) is 1. The number of hydrogen-bond acceptors (Lipinski definition) is 7. The molecule has 0 fully saturated rings. The minimum absolute atomic E-state index is 0.0601. The molecule has 1 aliphatic rings. The van der Waals surface area contributed by atoms with Gasteiger partial charge in [-0.2, -0.15) is 10.1 Å². The summed E-state index contributed by atoms with van der Waals surface area (Å²) in [6.07, 6.45) is 1.38. The number of allylic oxidation sites excluding steroid dienone is 1. The summed E-state index contributed by atoms with van der Waals surface area (Å²) >= 11 is 0. The number of benzene rings is 1. The summed E-state index contributed by atoms with van der Waals surface area (Å²) in [7, 11) is 0. The van der Waals surface area contributed by atoms with E-state index in [0.29, 0.717) is 22.8 Å². The second-order valence-electron chi connectivity index (χ2n) is 5.22. The fourth-order valence-corrected chi connectivity index (χ4v) is 2.67. The van der Waals surface area contributed by atoms with Gasteiger partial charge in [-0.25, -0.2) is 9.48 Å². The lowest BCUT2D eigenvalue weighted by Gasteiger charge is -2.28. The number of carbonyl (C=O) groups is 2. The zero-order valence-corrected chi connectivity index (χ0v) is 13.1. The van der Waals surface area contributed by atoms with Crippen LogP contribution in [0, 0.1) is 0 Å². The van der Waals surface area contributed by atoms with Crippen LogP contribution in [-0.4, -0.2) is 33.3 Å². The summed E-state index contributed by atoms with van der Waals surface area (Å²) in [6.45, 7) is 3.73. The quantitative estimate of drug-likeness (QED) is 0.814. The van der Waals surface area contributed by atoms with E-state index in [0.717, 1.165) is 0 Å². The molecule has 0 saturated carbocycles. The summed E-state index contributed by atoms with van der Waals surface area (Å²) in [4.78, 5) is 27.5. The fraction of sp³-hybridized carbons (Fsp3) is 0.250. The van der Waals surface area contributed by atoms with Crippen LogP contribution in [-0.2, 0) is 9.53 Å². The van der Waals surface area contributed by atoms with Crippen molar-refractivity contribution in [3.8, 4) is 0 Å². The van der Waals surface area contributed by atoms with E-state index in [2.05, 4.69) is 15.4 Å². The van der Waals surface area contributed by atoms with Crippen molar-refractivity contribution < 1.29 is 19.4 Å². The van der Waals surface area contributed by atoms with Crippen molar-refractivity contribution in [2.45, 2.75) is 19.9 Å². The molecule has 1 aliphatic heterocycles. The van der Waals surface area contributed by atoms with Gasteiger partial charge in [0.25, 0.3) is 0 Å². The SMILES string of the molecule is CCOC(=O)C1=C(C)Nc2ncnn2C1c1ccc(C(=O)[O-])cc1. The first-order chi connectivity index (χ1) is 11.5. The van der Waals surface area contributed by atoms with Crippen molar-refractivity contribution in [3.63, 3.8) is 0 Å². The molecule has 8 nitrogen and oxygen atoms in total. The van der Waals surface area contributed by atoms with Gasteiger partial charge < -0.3 is 20.0 Å². The number of fused-ring (bicyclic) bond motifs is 1. The van der Waals surface area contributed by atoms with E-state index in [1.807, 2.05) is 0 Å². The summed E-state index contributed by atoms with van der Waals surface area (Å²) in [5, 5.41) is 18.1. The predicted molar refractivity (Wildman–Crippen MR) is 81.9 cm³/mol. The summed E-state index contributed by atoms with van der Waals surface area (Å²) in [5.41, 5.74) is 1.76. The molecule has 1 unspecified atom stereocenters. The maximum Gasteiger partial charge on any atom is 0.338 e. The van der Waals surface area contributed by atoms with Gasteiger partial charge in [-0.05, 0) is 25.0 Å². The molecule has 24 heavy (non-hydrogen) atoms. The van der Waals surface area contributed by atoms with Gasteiger partial charge in [0.2, 0.25) is 5.95 Å². The van der Waals surface area contributed by atoms with Crippen LogP contribution in [0.1, 0.15) is 35.8 Å². The third kappa shape index (κ3) is 2.62. The van der Waals surface area contributed by atoms with Crippen molar-refractivity contribution in [1.29, 1.82) is 0 Å². The summed E-state index contributed by atoms with van der Waals surface area (Å²) < 4.78 is 6.72. The highest BCUT2D eigenvalue weighted by molar-refractivity contribution is 5.92. The molecule has 0 bridgehead atoms. The van der Waals surface area contributed by atoms with Gasteiger partial charge in [0.15, 0.2) is 0 Å². The predicted octanol–water partition coefficient (Wildman–Crippen LogP) is 0.494. The van der Waals surface area contributed by atoms with Crippen molar-refractivity contribution in [2.24, 2.45) is 0 Å². The number of aromatic carboxylic acids is 1. The van der Waals surface area contributed by atoms with Crippen molar-refractivity contribution >= 4 is 17.9 Å². The number of hydrogen-bond donors (Lipinski definition) is 1. The number of esters is 1. The molecule has 0 radical (unpaired) electrons. The normalized spacial score (nSPS) is 16.3. The van der Waals surface area contributed by atoms with E-state index in [9.17, 15) is 14.7 Å². The van der Waals surface area contributed by atoms with Crippen molar-refractivity contribution in [1.82, 2.24) is 14.8 Å². The number of rotatable bonds is 4. The molecular weight excluding hydrogens is 312 g/mol. The molecule has 3 rings (SSSR count). The van der Waals surface area contributed by atoms with Crippen LogP contribution in [0.3, 0.4) is 0 Å². The first kappa shape index (κ1) is 15.7. The molecule has 1 N–H and O–H groups in total. The molecule has 0 spiro atoms. The highest BCUT2D eigenvalue weighted by Crippen LogP contribution is 2.35. The Morgan fingerprint density at radius 1 is 1.33 bits per heavy atom. The number of carbonyl (C=O) groups excluding carboxylic acids is 2. The number of aromatic nitrogens is 3. The minimum atomic E-state index is -1.26. The number of anilines is 1. The first-order valence-electron chi connectivity index (χ1n) is 7.38. The summed E-state index contributed by atoms with van der Waals surface area (Å²) in [6, 6.07) is 5.56. The van der Waals surface area contributed by atoms with E-state index in [1.54, 1.807) is 30.7 Å². The topological polar surface area (TPSA) is 109 Å². The Morgan fingerprint density at radius 2 is 2.04 bits per heavy atom. The molecule has 2 heterocycles. The molecule has 1 aromatic carbocycles. The standard InChI is InChI=1S/C16H16N4O4/c1-3-24-15(23)12-9(2)19-16-17-8-18-20(16)13(12)10-4-6-11(7-5-10)14(21)22/h4-8,13H,3H2,1-2H3,(H,21,22)(H,17,18,19)/p-1. The van der Waals surface area contributed by atoms with Crippen LogP contribution < -0.4 is 10.4 Å². The molecule has 0 aliphatic carbocycles. The molecule has 1 aromatic heterocycles. The second kappa shape index (κ2) is 6.15. The Balaban J connectivity index is 2.10. The number of nitrogens with one attached hydrogen (secondary N) is 1. The van der Waals surface area contributed by atoms with Gasteiger partial charge in [0.05, 0.1) is 18.1 Å². The van der Waals surface area contributed by atoms with Crippen LogP contribution in [0.4, 0.5) is 5.95 Å². The lowest BCUT2D eigenvalue weighted by molar-refractivity contribution is -0.255. The minimum Gasteiger partial charge on any atom is -0.545 e. The second-order valence-corrected chi connectivity index (χ2v) is 5.22. The number of ether oxygens (including phenoxy) is 1. The maximum absolute atomic E-state index is 12.4. The van der Waals surface area contributed by atoms with E-state index < -0.39 is 18.0 Å². The average Bonchev–Trinajstić information content (AvgIpc) is 3.01. The molecule has 0 saturated heterocycles. The zero-order chi connectivity index (χ0) is 17.3. The first-order valence-corrected chi connectivity index (χ1v) is 7.38. The highest BCUT2D eigenvalue weighted by Gasteiger charge is 2.34. The monoisotopic (exact) mass is 327 g/mol. The van der Waals surface area contributed by atoms with Crippen LogP contribution in [0.2, 0.25) is 0 Å². The molecule has 8 heteroatoms. The molecule has 1 atom stereocenters. The van der Waals surface area contributed by atoms with E-state index in [1.165, 1.54) is 18.5 Å². The Hall–Kier alpha value is -3.16. The van der Waals surface area contributed by atoms with Gasteiger partial charge in [0, 0.05) is 5.70 Å². The van der Waals surface area contributed by atoms with E-state index in [4.69, 9.17) is 4.74 Å². The Labute approximate surface area is 137 Å². The maximum atomic E-state index is 12.4. The van der Waals surface area contributed by atoms with E-state index in [-0.39, 0.29) is 12.2 Å². The summed E-state index contributed by atoms with van der Waals surface area (Å²) in [5.74, 6) is -1.22. The fourth-order valence-electron chi connectivity index (χ4n) is 2.67. The van der Waals surface area contributed by atoms with Crippen LogP contribution in [0.15, 0.2) is 41.9 Å². The Morgan fingerprint density at radius 3 is 2.67 bits per heavy atom. The van der Waals surface area contributed by atoms with Gasteiger partial charge in [-0.15, -0.1) is 0 Å². The van der Waals surface area contributed by atoms with Crippen LogP contribution in [0.5, 0.6) is 0 Å². The van der Waals surface area contributed by atoms with Crippen molar-refractivity contribution in [2.75, 3.05) is 11.9 Å². The largest absolute Gasteiger partial charge is 0.545 e. The molecule has 0 amide bonds. The Kier molecular flexibility index (Phi) is 4.03. The highest BCUT2D eigenvalue weighted by atomic mass is 16.5. The average molecular weight is 327 g/mol. The lowest BCUT2D eigenvalue weighted by Crippen LogP contribution is -2.29.